The van der Waals surface area contributed by atoms with E-state index in [1.807, 2.05) is 18.2 Å². The summed E-state index contributed by atoms with van der Waals surface area (Å²) >= 11 is 0. The van der Waals surface area contributed by atoms with Gasteiger partial charge in [0.15, 0.2) is 0 Å². The molecule has 0 radical (unpaired) electrons. The van der Waals surface area contributed by atoms with Crippen molar-refractivity contribution in [3.05, 3.63) is 59.9 Å². The number of benzene rings is 1. The topological polar surface area (TPSA) is 48.5 Å². The summed E-state index contributed by atoms with van der Waals surface area (Å²) in [5, 5.41) is 2.96. The van der Waals surface area contributed by atoms with Gasteiger partial charge in [0, 0.05) is 55.0 Å². The van der Waals surface area contributed by atoms with Crippen LogP contribution in [0.3, 0.4) is 0 Å². The Bertz CT molecular complexity index is 880. The van der Waals surface area contributed by atoms with Crippen molar-refractivity contribution >= 4 is 23.4 Å². The lowest BCUT2D eigenvalue weighted by Gasteiger charge is -2.29. The van der Waals surface area contributed by atoms with Crippen LogP contribution < -0.4 is 10.2 Å². The molecule has 2 atom stereocenters. The van der Waals surface area contributed by atoms with Crippen molar-refractivity contribution in [3.8, 4) is 0 Å². The van der Waals surface area contributed by atoms with Crippen LogP contribution in [0.15, 0.2) is 48.8 Å². The largest absolute Gasteiger partial charge is 0.370 e. The number of nitrogens with zero attached hydrogens (tertiary/aromatic N) is 3. The van der Waals surface area contributed by atoms with Gasteiger partial charge in [0.25, 0.3) is 0 Å². The zero-order valence-corrected chi connectivity index (χ0v) is 17.3. The first-order chi connectivity index (χ1) is 14.1. The number of nitrogens with one attached hydrogen (secondary N) is 1. The van der Waals surface area contributed by atoms with Gasteiger partial charge >= 0.3 is 0 Å². The number of aromatic nitrogens is 1. The summed E-state index contributed by atoms with van der Waals surface area (Å²) in [5.41, 5.74) is 4.22. The predicted molar refractivity (Wildman–Crippen MR) is 119 cm³/mol. The second-order valence-electron chi connectivity index (χ2n) is 8.23. The number of aryl methyl sites for hydroxylation is 1. The van der Waals surface area contributed by atoms with E-state index in [9.17, 15) is 4.79 Å². The maximum atomic E-state index is 12.2. The minimum atomic E-state index is -0.134. The number of hydrogen-bond donors (Lipinski definition) is 1. The molecular weight excluding hydrogens is 360 g/mol. The molecule has 0 bridgehead atoms. The lowest BCUT2D eigenvalue weighted by Crippen LogP contribution is -2.39. The minimum Gasteiger partial charge on any atom is -0.370 e. The summed E-state index contributed by atoms with van der Waals surface area (Å²) in [4.78, 5) is 21.5. The summed E-state index contributed by atoms with van der Waals surface area (Å²) in [6, 6.07) is 11.4. The molecule has 0 spiro atoms. The third-order valence-electron chi connectivity index (χ3n) is 6.15. The van der Waals surface area contributed by atoms with Crippen molar-refractivity contribution in [2.75, 3.05) is 29.9 Å². The number of amides is 1. The molecule has 5 heteroatoms. The van der Waals surface area contributed by atoms with Crippen LogP contribution in [0.1, 0.15) is 37.3 Å². The second kappa shape index (κ2) is 8.78. The standard InChI is InChI=1S/C24H30N4O/c1-18-15-21(26-24(29)10-7-20-6-3-12-25-16-20)8-9-23(18)27-14-11-22(17-27)28-13-4-5-19(28)2/h3,6-10,12,15-16,19,22H,4-5,11,13-14,17H2,1-2H3,(H,26,29)/b10-7+. The van der Waals surface area contributed by atoms with E-state index in [-0.39, 0.29) is 5.91 Å². The first-order valence-electron chi connectivity index (χ1n) is 10.6. The monoisotopic (exact) mass is 390 g/mol. The predicted octanol–water partition coefficient (Wildman–Crippen LogP) is 4.10. The normalized spacial score (nSPS) is 22.5. The van der Waals surface area contributed by atoms with Crippen LogP contribution >= 0.6 is 0 Å². The van der Waals surface area contributed by atoms with Crippen LogP contribution in [0.25, 0.3) is 6.08 Å². The Kier molecular flexibility index (Phi) is 5.95. The summed E-state index contributed by atoms with van der Waals surface area (Å²) in [5.74, 6) is -0.134. The van der Waals surface area contributed by atoms with E-state index >= 15 is 0 Å². The number of rotatable bonds is 5. The maximum absolute atomic E-state index is 12.2. The summed E-state index contributed by atoms with van der Waals surface area (Å²) in [6.45, 7) is 7.94. The average molecular weight is 391 g/mol. The van der Waals surface area contributed by atoms with E-state index in [4.69, 9.17) is 0 Å². The lowest BCUT2D eigenvalue weighted by molar-refractivity contribution is -0.111. The third-order valence-corrected chi connectivity index (χ3v) is 6.15. The zero-order valence-electron chi connectivity index (χ0n) is 17.3. The number of likely N-dealkylation sites (tertiary alicyclic amines) is 1. The molecule has 2 aliphatic rings. The molecule has 1 aromatic carbocycles. The number of pyridine rings is 1. The Morgan fingerprint density at radius 1 is 1.24 bits per heavy atom. The molecule has 2 aliphatic heterocycles. The average Bonchev–Trinajstić information content (AvgIpc) is 3.36. The van der Waals surface area contributed by atoms with Gasteiger partial charge in [0.2, 0.25) is 5.91 Å². The van der Waals surface area contributed by atoms with Gasteiger partial charge in [-0.15, -0.1) is 0 Å². The van der Waals surface area contributed by atoms with Gasteiger partial charge in [-0.2, -0.15) is 0 Å². The number of anilines is 2. The third kappa shape index (κ3) is 4.67. The molecule has 29 heavy (non-hydrogen) atoms. The van der Waals surface area contributed by atoms with Crippen molar-refractivity contribution in [3.63, 3.8) is 0 Å². The van der Waals surface area contributed by atoms with Crippen molar-refractivity contribution in [1.29, 1.82) is 0 Å². The fourth-order valence-electron chi connectivity index (χ4n) is 4.65. The molecule has 2 aromatic rings. The quantitative estimate of drug-likeness (QED) is 0.781. The van der Waals surface area contributed by atoms with Crippen LogP contribution in [0, 0.1) is 6.92 Å². The SMILES string of the molecule is Cc1cc(NC(=O)/C=C/c2cccnc2)ccc1N1CCC(N2CCCC2C)C1. The van der Waals surface area contributed by atoms with Crippen molar-refractivity contribution < 1.29 is 4.79 Å². The zero-order chi connectivity index (χ0) is 20.2. The Labute approximate surface area is 173 Å². The van der Waals surface area contributed by atoms with E-state index < -0.39 is 0 Å². The molecule has 2 unspecified atom stereocenters. The fraction of sp³-hybridized carbons (Fsp3) is 0.417. The summed E-state index contributed by atoms with van der Waals surface area (Å²) < 4.78 is 0. The Morgan fingerprint density at radius 3 is 2.86 bits per heavy atom. The van der Waals surface area contributed by atoms with Gasteiger partial charge < -0.3 is 10.2 Å². The molecule has 4 rings (SSSR count). The minimum absolute atomic E-state index is 0.134. The van der Waals surface area contributed by atoms with Gasteiger partial charge in [-0.05, 0) is 81.1 Å². The molecule has 3 heterocycles. The van der Waals surface area contributed by atoms with E-state index in [1.165, 1.54) is 37.1 Å². The molecule has 1 aromatic heterocycles. The van der Waals surface area contributed by atoms with E-state index in [1.54, 1.807) is 24.5 Å². The fourth-order valence-corrected chi connectivity index (χ4v) is 4.65. The van der Waals surface area contributed by atoms with E-state index in [0.717, 1.165) is 30.4 Å². The highest BCUT2D eigenvalue weighted by atomic mass is 16.1. The second-order valence-corrected chi connectivity index (χ2v) is 8.23. The molecule has 5 nitrogen and oxygen atoms in total. The molecule has 152 valence electrons. The summed E-state index contributed by atoms with van der Waals surface area (Å²) in [6.07, 6.45) is 10.7. The maximum Gasteiger partial charge on any atom is 0.248 e. The first kappa shape index (κ1) is 19.6. The van der Waals surface area contributed by atoms with Crippen LogP contribution in [0.5, 0.6) is 0 Å². The van der Waals surface area contributed by atoms with E-state index in [0.29, 0.717) is 6.04 Å². The molecule has 0 saturated carbocycles. The van der Waals surface area contributed by atoms with Crippen LogP contribution in [-0.4, -0.2) is 47.5 Å². The highest BCUT2D eigenvalue weighted by molar-refractivity contribution is 6.02. The molecule has 0 aliphatic carbocycles. The van der Waals surface area contributed by atoms with Gasteiger partial charge in [-0.3, -0.25) is 14.7 Å². The van der Waals surface area contributed by atoms with E-state index in [2.05, 4.69) is 46.1 Å². The molecule has 2 fully saturated rings. The summed E-state index contributed by atoms with van der Waals surface area (Å²) in [7, 11) is 0. The smallest absolute Gasteiger partial charge is 0.248 e. The molecular formula is C24H30N4O. The lowest BCUT2D eigenvalue weighted by atomic mass is 10.1. The Morgan fingerprint density at radius 2 is 2.14 bits per heavy atom. The first-order valence-corrected chi connectivity index (χ1v) is 10.6. The van der Waals surface area contributed by atoms with Crippen LogP contribution in [-0.2, 0) is 4.79 Å². The van der Waals surface area contributed by atoms with Gasteiger partial charge in [-0.1, -0.05) is 6.07 Å². The highest BCUT2D eigenvalue weighted by Gasteiger charge is 2.33. The van der Waals surface area contributed by atoms with Crippen molar-refractivity contribution in [1.82, 2.24) is 9.88 Å². The highest BCUT2D eigenvalue weighted by Crippen LogP contribution is 2.31. The van der Waals surface area contributed by atoms with Crippen molar-refractivity contribution in [2.45, 2.75) is 45.2 Å². The van der Waals surface area contributed by atoms with Crippen LogP contribution in [0.2, 0.25) is 0 Å². The van der Waals surface area contributed by atoms with Gasteiger partial charge in [0.05, 0.1) is 0 Å². The number of carbonyl (C=O) groups is 1. The number of carbonyl (C=O) groups excluding carboxylic acids is 1. The van der Waals surface area contributed by atoms with Gasteiger partial charge in [0.1, 0.15) is 0 Å². The molecule has 1 N–H and O–H groups in total. The van der Waals surface area contributed by atoms with Gasteiger partial charge in [-0.25, -0.2) is 0 Å². The Hall–Kier alpha value is -2.66. The molecule has 2 saturated heterocycles. The van der Waals surface area contributed by atoms with Crippen molar-refractivity contribution in [2.24, 2.45) is 0 Å². The molecule has 1 amide bonds. The van der Waals surface area contributed by atoms with Crippen LogP contribution in [0.4, 0.5) is 11.4 Å². The number of hydrogen-bond acceptors (Lipinski definition) is 4. The Balaban J connectivity index is 1.37.